The fraction of sp³-hybridized carbons (Fsp3) is 0.522. The zero-order chi connectivity index (χ0) is 17.9. The molecule has 0 aliphatic heterocycles. The highest BCUT2D eigenvalue weighted by molar-refractivity contribution is 5.84. The number of fused-ring (bicyclic) bond motifs is 3. The van der Waals surface area contributed by atoms with Crippen molar-refractivity contribution in [2.45, 2.75) is 71.1 Å². The molecule has 1 aromatic rings. The molecule has 0 bridgehead atoms. The summed E-state index contributed by atoms with van der Waals surface area (Å²) in [4.78, 5) is 12.1. The molecule has 2 atom stereocenters. The van der Waals surface area contributed by atoms with Crippen LogP contribution in [0.3, 0.4) is 0 Å². The Kier molecular flexibility index (Phi) is 5.46. The molecule has 0 spiro atoms. The minimum Gasteiger partial charge on any atom is -0.423 e. The van der Waals surface area contributed by atoms with E-state index in [4.69, 9.17) is 4.74 Å². The molecule has 3 rings (SSSR count). The summed E-state index contributed by atoms with van der Waals surface area (Å²) in [6, 6.07) is 6.29. The van der Waals surface area contributed by atoms with E-state index in [0.717, 1.165) is 17.9 Å². The lowest BCUT2D eigenvalue weighted by Gasteiger charge is -2.48. The fourth-order valence-corrected chi connectivity index (χ4v) is 4.84. The minimum absolute atomic E-state index is 0.298. The van der Waals surface area contributed by atoms with Crippen molar-refractivity contribution in [2.75, 3.05) is 0 Å². The highest BCUT2D eigenvalue weighted by Gasteiger charge is 2.44. The first-order chi connectivity index (χ1) is 12.0. The first-order valence-electron chi connectivity index (χ1n) is 9.72. The molecular formula is C23H30O2. The number of hydrogen-bond donors (Lipinski definition) is 0. The number of carbonyl (C=O) groups is 1. The van der Waals surface area contributed by atoms with Crippen LogP contribution in [-0.4, -0.2) is 5.97 Å². The first kappa shape index (κ1) is 18.0. The minimum atomic E-state index is -0.306. The molecule has 2 heteroatoms. The largest absolute Gasteiger partial charge is 0.423 e. The molecule has 1 fully saturated rings. The topological polar surface area (TPSA) is 26.3 Å². The van der Waals surface area contributed by atoms with E-state index >= 15 is 0 Å². The maximum Gasteiger partial charge on any atom is 0.336 e. The Labute approximate surface area is 152 Å². The molecule has 2 aliphatic rings. The van der Waals surface area contributed by atoms with Gasteiger partial charge in [0.05, 0.1) is 0 Å². The van der Waals surface area contributed by atoms with Gasteiger partial charge in [0.15, 0.2) is 0 Å². The van der Waals surface area contributed by atoms with E-state index in [1.165, 1.54) is 55.7 Å². The molecule has 25 heavy (non-hydrogen) atoms. The van der Waals surface area contributed by atoms with E-state index < -0.39 is 0 Å². The number of rotatable bonds is 4. The van der Waals surface area contributed by atoms with E-state index in [0.29, 0.717) is 11.2 Å². The number of ether oxygens (including phenoxy) is 1. The third-order valence-electron chi connectivity index (χ3n) is 6.10. The zero-order valence-corrected chi connectivity index (χ0v) is 15.8. The third-order valence-corrected chi connectivity index (χ3v) is 6.10. The summed E-state index contributed by atoms with van der Waals surface area (Å²) >= 11 is 0. The molecule has 0 N–H and O–H groups in total. The lowest BCUT2D eigenvalue weighted by Crippen LogP contribution is -2.41. The van der Waals surface area contributed by atoms with Crippen LogP contribution in [0.15, 0.2) is 42.0 Å². The Hall–Kier alpha value is -1.83. The van der Waals surface area contributed by atoms with Crippen LogP contribution in [0.1, 0.15) is 70.4 Å². The standard InChI is InChI=1S/C23H30O2/c1-4-23-15-6-5-9-19(23)13-11-18-12-14-20(16-21(18)23)25-22(24)10-7-8-17(2)3/h7-8,10,12,14,16,19H,4-6,9,11,13,15H2,1-3H3/b10-7+/t19-,23-/m1/s1. The van der Waals surface area contributed by atoms with Crippen molar-refractivity contribution < 1.29 is 9.53 Å². The summed E-state index contributed by atoms with van der Waals surface area (Å²) in [5.41, 5.74) is 4.36. The van der Waals surface area contributed by atoms with E-state index in [1.54, 1.807) is 6.08 Å². The van der Waals surface area contributed by atoms with Gasteiger partial charge in [0, 0.05) is 6.08 Å². The predicted octanol–water partition coefficient (Wildman–Crippen LogP) is 5.90. The van der Waals surface area contributed by atoms with Gasteiger partial charge in [-0.2, -0.15) is 0 Å². The van der Waals surface area contributed by atoms with Gasteiger partial charge >= 0.3 is 5.97 Å². The predicted molar refractivity (Wildman–Crippen MR) is 103 cm³/mol. The van der Waals surface area contributed by atoms with Gasteiger partial charge in [-0.3, -0.25) is 0 Å². The van der Waals surface area contributed by atoms with Crippen LogP contribution in [0, 0.1) is 5.92 Å². The summed E-state index contributed by atoms with van der Waals surface area (Å²) in [7, 11) is 0. The first-order valence-corrected chi connectivity index (χ1v) is 9.72. The van der Waals surface area contributed by atoms with Gasteiger partial charge in [-0.05, 0) is 80.5 Å². The number of esters is 1. The molecule has 0 amide bonds. The van der Waals surface area contributed by atoms with Crippen LogP contribution in [-0.2, 0) is 16.6 Å². The summed E-state index contributed by atoms with van der Waals surface area (Å²) in [5, 5.41) is 0. The normalized spacial score (nSPS) is 25.2. The van der Waals surface area contributed by atoms with Gasteiger partial charge in [-0.1, -0.05) is 43.6 Å². The number of allylic oxidation sites excluding steroid dienone is 3. The molecule has 0 aromatic heterocycles. The lowest BCUT2D eigenvalue weighted by molar-refractivity contribution is -0.129. The number of aryl methyl sites for hydroxylation is 1. The number of carbonyl (C=O) groups excluding carboxylic acids is 1. The molecule has 134 valence electrons. The van der Waals surface area contributed by atoms with Gasteiger partial charge in [0.1, 0.15) is 5.75 Å². The smallest absolute Gasteiger partial charge is 0.336 e. The van der Waals surface area contributed by atoms with Crippen molar-refractivity contribution in [3.63, 3.8) is 0 Å². The molecular weight excluding hydrogens is 308 g/mol. The van der Waals surface area contributed by atoms with E-state index in [1.807, 2.05) is 26.0 Å². The van der Waals surface area contributed by atoms with Crippen molar-refractivity contribution in [1.82, 2.24) is 0 Å². The molecule has 2 nitrogen and oxygen atoms in total. The third kappa shape index (κ3) is 3.73. The maximum atomic E-state index is 12.1. The average Bonchev–Trinajstić information content (AvgIpc) is 2.61. The summed E-state index contributed by atoms with van der Waals surface area (Å²) in [5.74, 6) is 1.17. The fourth-order valence-electron chi connectivity index (χ4n) is 4.84. The molecule has 0 heterocycles. The number of hydrogen-bond acceptors (Lipinski definition) is 2. The lowest BCUT2D eigenvalue weighted by atomic mass is 9.56. The van der Waals surface area contributed by atoms with Gasteiger partial charge in [-0.25, -0.2) is 4.79 Å². The van der Waals surface area contributed by atoms with Gasteiger partial charge in [0.25, 0.3) is 0 Å². The Morgan fingerprint density at radius 2 is 2.12 bits per heavy atom. The van der Waals surface area contributed by atoms with Crippen molar-refractivity contribution in [1.29, 1.82) is 0 Å². The Bertz CT molecular complexity index is 694. The van der Waals surface area contributed by atoms with Crippen molar-refractivity contribution in [2.24, 2.45) is 5.92 Å². The maximum absolute atomic E-state index is 12.1. The van der Waals surface area contributed by atoms with E-state index in [2.05, 4.69) is 19.1 Å². The molecule has 2 aliphatic carbocycles. The van der Waals surface area contributed by atoms with Crippen LogP contribution in [0.2, 0.25) is 0 Å². The quantitative estimate of drug-likeness (QED) is 0.296. The molecule has 1 saturated carbocycles. The summed E-state index contributed by atoms with van der Waals surface area (Å²) < 4.78 is 5.58. The van der Waals surface area contributed by atoms with Crippen molar-refractivity contribution in [3.8, 4) is 5.75 Å². The monoisotopic (exact) mass is 338 g/mol. The van der Waals surface area contributed by atoms with E-state index in [9.17, 15) is 4.79 Å². The van der Waals surface area contributed by atoms with Crippen LogP contribution in [0.25, 0.3) is 0 Å². The summed E-state index contributed by atoms with van der Waals surface area (Å²) in [6.07, 6.45) is 14.1. The van der Waals surface area contributed by atoms with Crippen LogP contribution in [0.5, 0.6) is 5.75 Å². The van der Waals surface area contributed by atoms with Gasteiger partial charge in [-0.15, -0.1) is 0 Å². The molecule has 1 aromatic carbocycles. The summed E-state index contributed by atoms with van der Waals surface area (Å²) in [6.45, 7) is 6.34. The highest BCUT2D eigenvalue weighted by atomic mass is 16.5. The second kappa shape index (κ2) is 7.59. The van der Waals surface area contributed by atoms with E-state index in [-0.39, 0.29) is 5.97 Å². The second-order valence-electron chi connectivity index (χ2n) is 7.83. The Morgan fingerprint density at radius 1 is 1.28 bits per heavy atom. The van der Waals surface area contributed by atoms with Crippen LogP contribution < -0.4 is 4.74 Å². The van der Waals surface area contributed by atoms with Crippen molar-refractivity contribution in [3.05, 3.63) is 53.1 Å². The average molecular weight is 338 g/mol. The van der Waals surface area contributed by atoms with Crippen LogP contribution in [0.4, 0.5) is 0 Å². The SMILES string of the molecule is CC[C@@]12CCCC[C@@H]1CCc1ccc(OC(=O)/C=C/C=C(C)C)cc12. The van der Waals surface area contributed by atoms with Gasteiger partial charge in [0.2, 0.25) is 0 Å². The number of benzene rings is 1. The van der Waals surface area contributed by atoms with Gasteiger partial charge < -0.3 is 4.74 Å². The van der Waals surface area contributed by atoms with Crippen LogP contribution >= 0.6 is 0 Å². The Morgan fingerprint density at radius 3 is 2.88 bits per heavy atom. The second-order valence-corrected chi connectivity index (χ2v) is 7.83. The highest BCUT2D eigenvalue weighted by Crippen LogP contribution is 2.52. The Balaban J connectivity index is 1.84. The molecule has 0 unspecified atom stereocenters. The zero-order valence-electron chi connectivity index (χ0n) is 15.8. The molecule has 0 radical (unpaired) electrons. The molecule has 0 saturated heterocycles. The van der Waals surface area contributed by atoms with Crippen molar-refractivity contribution >= 4 is 5.97 Å².